The van der Waals surface area contributed by atoms with Crippen LogP contribution < -0.4 is 10.1 Å². The van der Waals surface area contributed by atoms with Crippen LogP contribution in [0.25, 0.3) is 27.7 Å². The van der Waals surface area contributed by atoms with E-state index in [0.29, 0.717) is 11.4 Å². The molecular formula is C25H19N3O2. The van der Waals surface area contributed by atoms with Gasteiger partial charge in [0.25, 0.3) is 5.91 Å². The first-order chi connectivity index (χ1) is 14.8. The van der Waals surface area contributed by atoms with E-state index in [1.54, 1.807) is 0 Å². The number of ether oxygens (including phenoxy) is 1. The van der Waals surface area contributed by atoms with E-state index < -0.39 is 0 Å². The van der Waals surface area contributed by atoms with Gasteiger partial charge in [-0.3, -0.25) is 4.79 Å². The lowest BCUT2D eigenvalue weighted by atomic mass is 10.1. The topological polar surface area (TPSA) is 55.6 Å². The highest BCUT2D eigenvalue weighted by Crippen LogP contribution is 2.27. The predicted octanol–water partition coefficient (Wildman–Crippen LogP) is 5.17. The van der Waals surface area contributed by atoms with Crippen LogP contribution in [-0.4, -0.2) is 21.9 Å². The molecule has 0 spiro atoms. The lowest BCUT2D eigenvalue weighted by Gasteiger charge is -2.11. The molecular weight excluding hydrogens is 374 g/mol. The van der Waals surface area contributed by atoms with Crippen LogP contribution in [0.1, 0.15) is 0 Å². The monoisotopic (exact) mass is 393 g/mol. The first-order valence-corrected chi connectivity index (χ1v) is 9.71. The highest BCUT2D eigenvalue weighted by atomic mass is 16.5. The zero-order chi connectivity index (χ0) is 20.3. The lowest BCUT2D eigenvalue weighted by Crippen LogP contribution is -2.20. The first kappa shape index (κ1) is 17.9. The van der Waals surface area contributed by atoms with E-state index in [-0.39, 0.29) is 12.5 Å². The number of benzene rings is 3. The number of para-hydroxylation sites is 1. The van der Waals surface area contributed by atoms with E-state index in [0.717, 1.165) is 27.7 Å². The third-order valence-electron chi connectivity index (χ3n) is 4.93. The first-order valence-electron chi connectivity index (χ1n) is 9.71. The molecule has 0 saturated carbocycles. The molecule has 5 heteroatoms. The second-order valence-electron chi connectivity index (χ2n) is 6.98. The number of nitrogens with zero attached hydrogens (tertiary/aromatic N) is 2. The van der Waals surface area contributed by atoms with Crippen LogP contribution in [-0.2, 0) is 4.79 Å². The standard InChI is InChI=1S/C25H19N3O2/c29-25(17-30-20-13-12-18-7-1-2-8-19(18)15-20)27-22-10-4-3-9-21(22)23-16-28-14-6-5-11-24(28)26-23/h1-16H,17H2,(H,27,29). The molecule has 0 fully saturated rings. The van der Waals surface area contributed by atoms with Crippen molar-refractivity contribution in [1.29, 1.82) is 0 Å². The van der Waals surface area contributed by atoms with Gasteiger partial charge in [0.1, 0.15) is 11.4 Å². The maximum Gasteiger partial charge on any atom is 0.262 e. The molecule has 2 aromatic heterocycles. The molecule has 0 aliphatic heterocycles. The number of fused-ring (bicyclic) bond motifs is 2. The number of hydrogen-bond donors (Lipinski definition) is 1. The molecule has 5 rings (SSSR count). The van der Waals surface area contributed by atoms with Crippen LogP contribution in [0.4, 0.5) is 5.69 Å². The molecule has 0 unspecified atom stereocenters. The van der Waals surface area contributed by atoms with Gasteiger partial charge in [-0.1, -0.05) is 54.6 Å². The van der Waals surface area contributed by atoms with E-state index in [1.165, 1.54) is 0 Å². The molecule has 5 nitrogen and oxygen atoms in total. The van der Waals surface area contributed by atoms with Crippen molar-refractivity contribution in [2.45, 2.75) is 0 Å². The van der Waals surface area contributed by atoms with Gasteiger partial charge in [-0.15, -0.1) is 0 Å². The lowest BCUT2D eigenvalue weighted by molar-refractivity contribution is -0.118. The molecule has 0 radical (unpaired) electrons. The molecule has 0 atom stereocenters. The van der Waals surface area contributed by atoms with E-state index in [1.807, 2.05) is 102 Å². The summed E-state index contributed by atoms with van der Waals surface area (Å²) in [7, 11) is 0. The fourth-order valence-corrected chi connectivity index (χ4v) is 3.47. The zero-order valence-corrected chi connectivity index (χ0v) is 16.2. The van der Waals surface area contributed by atoms with Crippen LogP contribution >= 0.6 is 0 Å². The Labute approximate surface area is 173 Å². The van der Waals surface area contributed by atoms with Crippen LogP contribution in [0.5, 0.6) is 5.75 Å². The van der Waals surface area contributed by atoms with Gasteiger partial charge in [0, 0.05) is 18.0 Å². The molecule has 30 heavy (non-hydrogen) atoms. The van der Waals surface area contributed by atoms with Crippen molar-refractivity contribution < 1.29 is 9.53 Å². The number of nitrogens with one attached hydrogen (secondary N) is 1. The molecule has 146 valence electrons. The van der Waals surface area contributed by atoms with E-state index in [4.69, 9.17) is 4.74 Å². The molecule has 3 aromatic carbocycles. The summed E-state index contributed by atoms with van der Waals surface area (Å²) in [6.45, 7) is -0.0716. The second-order valence-corrected chi connectivity index (χ2v) is 6.98. The van der Waals surface area contributed by atoms with Gasteiger partial charge in [-0.2, -0.15) is 0 Å². The number of rotatable bonds is 5. The van der Waals surface area contributed by atoms with Gasteiger partial charge < -0.3 is 14.5 Å². The van der Waals surface area contributed by atoms with Gasteiger partial charge in [0.2, 0.25) is 0 Å². The smallest absolute Gasteiger partial charge is 0.262 e. The quantitative estimate of drug-likeness (QED) is 0.448. The summed E-state index contributed by atoms with van der Waals surface area (Å²) in [6.07, 6.45) is 3.90. The van der Waals surface area contributed by atoms with Crippen LogP contribution in [0.15, 0.2) is 97.3 Å². The van der Waals surface area contributed by atoms with Gasteiger partial charge in [0.15, 0.2) is 6.61 Å². The minimum atomic E-state index is -0.223. The number of anilines is 1. The van der Waals surface area contributed by atoms with Crippen molar-refractivity contribution in [3.63, 3.8) is 0 Å². The van der Waals surface area contributed by atoms with Crippen LogP contribution in [0.3, 0.4) is 0 Å². The normalized spacial score (nSPS) is 10.9. The Balaban J connectivity index is 1.32. The third-order valence-corrected chi connectivity index (χ3v) is 4.93. The van der Waals surface area contributed by atoms with Gasteiger partial charge in [-0.25, -0.2) is 4.98 Å². The summed E-state index contributed by atoms with van der Waals surface area (Å²) in [5, 5.41) is 5.16. The van der Waals surface area contributed by atoms with Crippen LogP contribution in [0.2, 0.25) is 0 Å². The van der Waals surface area contributed by atoms with Crippen molar-refractivity contribution in [3.05, 3.63) is 97.3 Å². The van der Waals surface area contributed by atoms with Crippen molar-refractivity contribution in [3.8, 4) is 17.0 Å². The maximum atomic E-state index is 12.5. The number of pyridine rings is 1. The minimum Gasteiger partial charge on any atom is -0.484 e. The van der Waals surface area contributed by atoms with Crippen molar-refractivity contribution in [2.75, 3.05) is 11.9 Å². The van der Waals surface area contributed by atoms with E-state index in [9.17, 15) is 4.79 Å². The van der Waals surface area contributed by atoms with Crippen molar-refractivity contribution in [2.24, 2.45) is 0 Å². The van der Waals surface area contributed by atoms with Gasteiger partial charge >= 0.3 is 0 Å². The average Bonchev–Trinajstić information content (AvgIpc) is 3.22. The predicted molar refractivity (Wildman–Crippen MR) is 119 cm³/mol. The van der Waals surface area contributed by atoms with Gasteiger partial charge in [-0.05, 0) is 41.1 Å². The maximum absolute atomic E-state index is 12.5. The summed E-state index contributed by atoms with van der Waals surface area (Å²) >= 11 is 0. The van der Waals surface area contributed by atoms with Crippen molar-refractivity contribution in [1.82, 2.24) is 9.38 Å². The third kappa shape index (κ3) is 3.61. The van der Waals surface area contributed by atoms with E-state index >= 15 is 0 Å². The number of carbonyl (C=O) groups is 1. The molecule has 1 amide bonds. The summed E-state index contributed by atoms with van der Waals surface area (Å²) in [5.74, 6) is 0.442. The van der Waals surface area contributed by atoms with Crippen molar-refractivity contribution >= 4 is 28.0 Å². The SMILES string of the molecule is O=C(COc1ccc2ccccc2c1)Nc1ccccc1-c1cn2ccccc2n1. The largest absolute Gasteiger partial charge is 0.484 e. The Kier molecular flexibility index (Phi) is 4.62. The Bertz CT molecular complexity index is 1320. The van der Waals surface area contributed by atoms with Gasteiger partial charge in [0.05, 0.1) is 11.4 Å². The van der Waals surface area contributed by atoms with E-state index in [2.05, 4.69) is 10.3 Å². The molecule has 2 heterocycles. The molecule has 0 saturated heterocycles. The Morgan fingerprint density at radius 2 is 1.70 bits per heavy atom. The fraction of sp³-hybridized carbons (Fsp3) is 0.0400. The summed E-state index contributed by atoms with van der Waals surface area (Å²) in [5.41, 5.74) is 3.22. The highest BCUT2D eigenvalue weighted by molar-refractivity contribution is 5.96. The summed E-state index contributed by atoms with van der Waals surface area (Å²) < 4.78 is 7.67. The molecule has 5 aromatic rings. The number of carbonyl (C=O) groups excluding carboxylic acids is 1. The summed E-state index contributed by atoms with van der Waals surface area (Å²) in [6, 6.07) is 27.3. The molecule has 0 aliphatic rings. The summed E-state index contributed by atoms with van der Waals surface area (Å²) in [4.78, 5) is 17.2. The highest BCUT2D eigenvalue weighted by Gasteiger charge is 2.12. The average molecular weight is 393 g/mol. The Morgan fingerprint density at radius 1 is 0.900 bits per heavy atom. The number of imidazole rings is 1. The second kappa shape index (κ2) is 7.72. The zero-order valence-electron chi connectivity index (χ0n) is 16.2. The minimum absolute atomic E-state index is 0.0716. The fourth-order valence-electron chi connectivity index (χ4n) is 3.47. The Morgan fingerprint density at radius 3 is 2.60 bits per heavy atom. The van der Waals surface area contributed by atoms with Crippen LogP contribution in [0, 0.1) is 0 Å². The molecule has 0 aliphatic carbocycles. The number of aromatic nitrogens is 2. The number of hydrogen-bond acceptors (Lipinski definition) is 3. The number of amides is 1. The molecule has 0 bridgehead atoms. The molecule has 1 N–H and O–H groups in total. The Hall–Kier alpha value is -4.12.